The van der Waals surface area contributed by atoms with Crippen molar-refractivity contribution < 1.29 is 19.6 Å². The van der Waals surface area contributed by atoms with Crippen molar-refractivity contribution in [2.24, 2.45) is 0 Å². The van der Waals surface area contributed by atoms with E-state index in [2.05, 4.69) is 4.98 Å². The zero-order chi connectivity index (χ0) is 20.3. The number of carbonyl (C=O) groups is 1. The SMILES string of the molecule is Cc1cc(Cl)ccc1B(OOC(=O)c1ncccc1O)c1ccc(Cl)cc1C. The number of carbonyl (C=O) groups excluding carboxylic acids is 1. The van der Waals surface area contributed by atoms with E-state index in [9.17, 15) is 9.90 Å². The lowest BCUT2D eigenvalue weighted by atomic mass is 9.53. The van der Waals surface area contributed by atoms with Gasteiger partial charge in [0.05, 0.1) is 0 Å². The first-order valence-electron chi connectivity index (χ1n) is 8.40. The Balaban J connectivity index is 1.94. The number of aromatic nitrogens is 1. The maximum Gasteiger partial charge on any atom is 0.422 e. The van der Waals surface area contributed by atoms with E-state index in [1.807, 2.05) is 26.0 Å². The second kappa shape index (κ2) is 8.65. The zero-order valence-electron chi connectivity index (χ0n) is 15.1. The standard InChI is InChI=1S/C20H16BCl2NO4/c1-12-10-14(22)5-7-16(12)21(17-8-6-15(23)11-13(17)2)28-27-20(26)19-18(25)4-3-9-24-19/h3-11,25H,1-2H3. The van der Waals surface area contributed by atoms with Crippen LogP contribution in [0.2, 0.25) is 10.0 Å². The van der Waals surface area contributed by atoms with E-state index in [0.29, 0.717) is 10.0 Å². The molecule has 3 aromatic rings. The normalized spacial score (nSPS) is 10.6. The van der Waals surface area contributed by atoms with Crippen LogP contribution in [0.3, 0.4) is 0 Å². The molecule has 1 heterocycles. The Bertz CT molecular complexity index is 977. The Morgan fingerprint density at radius 1 is 1.00 bits per heavy atom. The van der Waals surface area contributed by atoms with Crippen LogP contribution in [0.4, 0.5) is 0 Å². The molecule has 1 N–H and O–H groups in total. The van der Waals surface area contributed by atoms with Gasteiger partial charge in [0.1, 0.15) is 5.75 Å². The number of halogens is 2. The van der Waals surface area contributed by atoms with Gasteiger partial charge in [0.2, 0.25) is 0 Å². The van der Waals surface area contributed by atoms with E-state index in [1.165, 1.54) is 18.3 Å². The predicted octanol–water partition coefficient (Wildman–Crippen LogP) is 3.61. The van der Waals surface area contributed by atoms with E-state index < -0.39 is 12.9 Å². The molecule has 0 atom stereocenters. The molecule has 28 heavy (non-hydrogen) atoms. The van der Waals surface area contributed by atoms with Crippen molar-refractivity contribution >= 4 is 47.0 Å². The van der Waals surface area contributed by atoms with Crippen molar-refractivity contribution in [2.45, 2.75) is 13.8 Å². The van der Waals surface area contributed by atoms with E-state index in [0.717, 1.165) is 22.1 Å². The van der Waals surface area contributed by atoms with E-state index in [1.54, 1.807) is 24.3 Å². The Labute approximate surface area is 172 Å². The van der Waals surface area contributed by atoms with Crippen LogP contribution in [-0.2, 0) is 9.69 Å². The van der Waals surface area contributed by atoms with Crippen molar-refractivity contribution in [3.8, 4) is 5.75 Å². The molecule has 5 nitrogen and oxygen atoms in total. The molecular weight excluding hydrogens is 400 g/mol. The van der Waals surface area contributed by atoms with Crippen LogP contribution in [-0.4, -0.2) is 23.0 Å². The summed E-state index contributed by atoms with van der Waals surface area (Å²) in [6.45, 7) is 3.05. The molecule has 0 aliphatic carbocycles. The lowest BCUT2D eigenvalue weighted by Crippen LogP contribution is -2.47. The van der Waals surface area contributed by atoms with Crippen molar-refractivity contribution in [2.75, 3.05) is 0 Å². The quantitative estimate of drug-likeness (QED) is 0.391. The average molecular weight is 416 g/mol. The van der Waals surface area contributed by atoms with E-state index in [-0.39, 0.29) is 11.4 Å². The highest BCUT2D eigenvalue weighted by atomic mass is 35.5. The Hall–Kier alpha value is -2.54. The maximum absolute atomic E-state index is 12.3. The van der Waals surface area contributed by atoms with Crippen LogP contribution in [0.25, 0.3) is 0 Å². The van der Waals surface area contributed by atoms with Crippen LogP contribution in [0.15, 0.2) is 54.7 Å². The fourth-order valence-corrected chi connectivity index (χ4v) is 3.28. The van der Waals surface area contributed by atoms with E-state index >= 15 is 0 Å². The number of aromatic hydroxyl groups is 1. The Morgan fingerprint density at radius 2 is 1.57 bits per heavy atom. The fraction of sp³-hybridized carbons (Fsp3) is 0.100. The number of hydrogen-bond donors (Lipinski definition) is 1. The monoisotopic (exact) mass is 415 g/mol. The number of hydrogen-bond acceptors (Lipinski definition) is 5. The topological polar surface area (TPSA) is 68.7 Å². The summed E-state index contributed by atoms with van der Waals surface area (Å²) < 4.78 is 0. The number of rotatable bonds is 5. The molecule has 1 aromatic heterocycles. The molecule has 0 saturated carbocycles. The first-order valence-corrected chi connectivity index (χ1v) is 9.16. The fourth-order valence-electron chi connectivity index (χ4n) is 2.82. The molecule has 0 amide bonds. The van der Waals surface area contributed by atoms with Gasteiger partial charge in [-0.05, 0) is 61.2 Å². The highest BCUT2D eigenvalue weighted by Crippen LogP contribution is 2.16. The van der Waals surface area contributed by atoms with Gasteiger partial charge in [-0.25, -0.2) is 14.6 Å². The maximum atomic E-state index is 12.3. The van der Waals surface area contributed by atoms with Crippen LogP contribution in [0, 0.1) is 13.8 Å². The summed E-state index contributed by atoms with van der Waals surface area (Å²) in [6, 6.07) is 13.5. The predicted molar refractivity (Wildman–Crippen MR) is 110 cm³/mol. The largest absolute Gasteiger partial charge is 0.505 e. The van der Waals surface area contributed by atoms with Gasteiger partial charge in [-0.2, -0.15) is 0 Å². The van der Waals surface area contributed by atoms with Gasteiger partial charge in [0.15, 0.2) is 5.69 Å². The third-order valence-electron chi connectivity index (χ3n) is 4.23. The lowest BCUT2D eigenvalue weighted by Gasteiger charge is -2.18. The lowest BCUT2D eigenvalue weighted by molar-refractivity contribution is -0.152. The molecule has 8 heteroatoms. The molecule has 0 saturated heterocycles. The molecule has 0 fully saturated rings. The number of pyridine rings is 1. The molecule has 0 radical (unpaired) electrons. The molecule has 0 aliphatic rings. The van der Waals surface area contributed by atoms with Crippen LogP contribution >= 0.6 is 23.2 Å². The van der Waals surface area contributed by atoms with Crippen molar-refractivity contribution in [3.63, 3.8) is 0 Å². The third kappa shape index (κ3) is 4.47. The van der Waals surface area contributed by atoms with Gasteiger partial charge in [0, 0.05) is 16.2 Å². The molecule has 0 spiro atoms. The summed E-state index contributed by atoms with van der Waals surface area (Å²) >= 11 is 12.1. The summed E-state index contributed by atoms with van der Waals surface area (Å²) in [4.78, 5) is 26.7. The highest BCUT2D eigenvalue weighted by molar-refractivity contribution is 6.80. The Kier molecular flexibility index (Phi) is 6.24. The van der Waals surface area contributed by atoms with Crippen LogP contribution in [0.1, 0.15) is 21.6 Å². The summed E-state index contributed by atoms with van der Waals surface area (Å²) in [7, 11) is 0. The summed E-state index contributed by atoms with van der Waals surface area (Å²) in [5.74, 6) is -1.20. The summed E-state index contributed by atoms with van der Waals surface area (Å²) in [5.41, 5.74) is 3.04. The number of aryl methyl sites for hydroxylation is 2. The van der Waals surface area contributed by atoms with Gasteiger partial charge in [-0.15, -0.1) is 0 Å². The van der Waals surface area contributed by atoms with Crippen molar-refractivity contribution in [1.29, 1.82) is 0 Å². The molecule has 2 aromatic carbocycles. The van der Waals surface area contributed by atoms with Crippen molar-refractivity contribution in [1.82, 2.24) is 4.98 Å². The first-order chi connectivity index (χ1) is 13.4. The van der Waals surface area contributed by atoms with Gasteiger partial charge in [-0.1, -0.05) is 46.5 Å². The smallest absolute Gasteiger partial charge is 0.422 e. The van der Waals surface area contributed by atoms with Gasteiger partial charge in [0.25, 0.3) is 0 Å². The van der Waals surface area contributed by atoms with Crippen LogP contribution in [0.5, 0.6) is 5.75 Å². The molecule has 0 aliphatic heterocycles. The number of nitrogens with zero attached hydrogens (tertiary/aromatic N) is 1. The molecular formula is C20H16BCl2NO4. The second-order valence-electron chi connectivity index (χ2n) is 6.22. The van der Waals surface area contributed by atoms with Crippen LogP contribution < -0.4 is 10.9 Å². The Morgan fingerprint density at radius 3 is 2.07 bits per heavy atom. The third-order valence-corrected chi connectivity index (χ3v) is 4.70. The van der Waals surface area contributed by atoms with E-state index in [4.69, 9.17) is 32.9 Å². The minimum absolute atomic E-state index is 0.234. The highest BCUT2D eigenvalue weighted by Gasteiger charge is 2.29. The van der Waals surface area contributed by atoms with Gasteiger partial charge < -0.3 is 9.99 Å². The molecule has 3 rings (SSSR count). The van der Waals surface area contributed by atoms with Gasteiger partial charge in [-0.3, -0.25) is 0 Å². The second-order valence-corrected chi connectivity index (χ2v) is 7.09. The molecule has 0 bridgehead atoms. The minimum atomic E-state index is -0.902. The number of benzene rings is 2. The van der Waals surface area contributed by atoms with Gasteiger partial charge >= 0.3 is 12.9 Å². The minimum Gasteiger partial charge on any atom is -0.505 e. The summed E-state index contributed by atoms with van der Waals surface area (Å²) in [5, 5.41) is 11.0. The molecule has 0 unspecified atom stereocenters. The van der Waals surface area contributed by atoms with Crippen molar-refractivity contribution in [3.05, 3.63) is 81.6 Å². The first kappa shape index (κ1) is 20.2. The zero-order valence-corrected chi connectivity index (χ0v) is 16.7. The average Bonchev–Trinajstić information content (AvgIpc) is 2.64. The summed E-state index contributed by atoms with van der Waals surface area (Å²) in [6.07, 6.45) is 1.38. The molecule has 142 valence electrons.